The first-order valence-corrected chi connectivity index (χ1v) is 8.83. The Kier molecular flexibility index (Phi) is 5.46. The quantitative estimate of drug-likeness (QED) is 0.888. The van der Waals surface area contributed by atoms with E-state index in [4.69, 9.17) is 23.2 Å². The molecular formula is C16H13Cl2NO3S. The Hall–Kier alpha value is -1.82. The van der Waals surface area contributed by atoms with Gasteiger partial charge in [-0.1, -0.05) is 40.9 Å². The van der Waals surface area contributed by atoms with Crippen LogP contribution in [0.3, 0.4) is 0 Å². The summed E-state index contributed by atoms with van der Waals surface area (Å²) in [5.74, 6) is -0.593. The Balaban J connectivity index is 2.27. The molecular weight excluding hydrogens is 357 g/mol. The minimum atomic E-state index is -3.91. The van der Waals surface area contributed by atoms with Crippen molar-refractivity contribution in [1.29, 1.82) is 0 Å². The maximum Gasteiger partial charge on any atom is 0.256 e. The number of aryl methyl sites for hydroxylation is 1. The molecule has 2 aromatic rings. The van der Waals surface area contributed by atoms with E-state index in [1.165, 1.54) is 36.4 Å². The van der Waals surface area contributed by atoms with Gasteiger partial charge < -0.3 is 5.32 Å². The molecule has 0 bridgehead atoms. The van der Waals surface area contributed by atoms with Gasteiger partial charge in [0.25, 0.3) is 5.91 Å². The van der Waals surface area contributed by atoms with Crippen LogP contribution in [0.4, 0.5) is 0 Å². The summed E-state index contributed by atoms with van der Waals surface area (Å²) in [6.45, 7) is 1.84. The predicted octanol–water partition coefficient (Wildman–Crippen LogP) is 3.89. The van der Waals surface area contributed by atoms with Gasteiger partial charge in [0.05, 0.1) is 4.90 Å². The zero-order chi connectivity index (χ0) is 17.0. The van der Waals surface area contributed by atoms with Crippen molar-refractivity contribution < 1.29 is 13.2 Å². The second-order valence-electron chi connectivity index (χ2n) is 4.75. The number of halogens is 2. The maximum absolute atomic E-state index is 12.5. The molecule has 1 N–H and O–H groups in total. The molecule has 0 fully saturated rings. The van der Waals surface area contributed by atoms with Gasteiger partial charge in [0.15, 0.2) is 5.03 Å². The van der Waals surface area contributed by atoms with Gasteiger partial charge in [-0.2, -0.15) is 0 Å². The van der Waals surface area contributed by atoms with Crippen LogP contribution < -0.4 is 5.32 Å². The molecule has 0 aliphatic heterocycles. The van der Waals surface area contributed by atoms with Gasteiger partial charge >= 0.3 is 0 Å². The molecule has 0 aliphatic rings. The summed E-state index contributed by atoms with van der Waals surface area (Å²) in [7, 11) is -3.91. The van der Waals surface area contributed by atoms with E-state index in [0.29, 0.717) is 5.02 Å². The average Bonchev–Trinajstić information content (AvgIpc) is 2.53. The molecule has 0 heterocycles. The summed E-state index contributed by atoms with van der Waals surface area (Å²) in [5.41, 5.74) is 2.03. The van der Waals surface area contributed by atoms with Crippen molar-refractivity contribution in [2.24, 2.45) is 0 Å². The number of hydrogen-bond acceptors (Lipinski definition) is 3. The van der Waals surface area contributed by atoms with Crippen molar-refractivity contribution in [3.8, 4) is 0 Å². The standard InChI is InChI=1S/C16H13Cl2NO3S/c1-11-2-8-14(9-3-11)23(21,22)15(10-17)19-16(20)12-4-6-13(18)7-5-12/h2-10H,1H3,(H,19,20)/b15-10+. The molecule has 0 spiro atoms. The molecule has 1 amide bonds. The van der Waals surface area contributed by atoms with Crippen LogP contribution in [0.2, 0.25) is 5.02 Å². The van der Waals surface area contributed by atoms with Crippen molar-refractivity contribution >= 4 is 38.9 Å². The van der Waals surface area contributed by atoms with Gasteiger partial charge in [-0.3, -0.25) is 4.79 Å². The predicted molar refractivity (Wildman–Crippen MR) is 91.2 cm³/mol. The van der Waals surface area contributed by atoms with Crippen molar-refractivity contribution in [1.82, 2.24) is 5.32 Å². The number of benzene rings is 2. The summed E-state index contributed by atoms with van der Waals surface area (Å²) < 4.78 is 25.0. The molecule has 0 saturated carbocycles. The first-order chi connectivity index (χ1) is 10.8. The SMILES string of the molecule is Cc1ccc(S(=O)(=O)/C(=C/Cl)NC(=O)c2ccc(Cl)cc2)cc1. The molecule has 120 valence electrons. The summed E-state index contributed by atoms with van der Waals surface area (Å²) in [4.78, 5) is 12.2. The highest BCUT2D eigenvalue weighted by Gasteiger charge is 2.23. The maximum atomic E-state index is 12.5. The molecule has 23 heavy (non-hydrogen) atoms. The van der Waals surface area contributed by atoms with Crippen LogP contribution in [0.5, 0.6) is 0 Å². The molecule has 4 nitrogen and oxygen atoms in total. The Morgan fingerprint density at radius 3 is 2.13 bits per heavy atom. The minimum absolute atomic E-state index is 0.0476. The molecule has 2 rings (SSSR count). The zero-order valence-electron chi connectivity index (χ0n) is 12.1. The smallest absolute Gasteiger partial charge is 0.256 e. The monoisotopic (exact) mass is 369 g/mol. The number of hydrogen-bond donors (Lipinski definition) is 1. The number of amides is 1. The van der Waals surface area contributed by atoms with Crippen molar-refractivity contribution in [2.45, 2.75) is 11.8 Å². The van der Waals surface area contributed by atoms with Gasteiger partial charge in [-0.05, 0) is 43.3 Å². The van der Waals surface area contributed by atoms with Crippen molar-refractivity contribution in [3.63, 3.8) is 0 Å². The van der Waals surface area contributed by atoms with Crippen molar-refractivity contribution in [2.75, 3.05) is 0 Å². The van der Waals surface area contributed by atoms with Gasteiger partial charge in [-0.25, -0.2) is 8.42 Å². The Bertz CT molecular complexity index is 842. The number of nitrogens with one attached hydrogen (secondary N) is 1. The van der Waals surface area contributed by atoms with E-state index in [0.717, 1.165) is 11.1 Å². The molecule has 0 atom stereocenters. The normalized spacial score (nSPS) is 12.0. The lowest BCUT2D eigenvalue weighted by Crippen LogP contribution is -2.27. The van der Waals surface area contributed by atoms with E-state index < -0.39 is 15.7 Å². The highest BCUT2D eigenvalue weighted by Crippen LogP contribution is 2.19. The Morgan fingerprint density at radius 1 is 1.04 bits per heavy atom. The van der Waals surface area contributed by atoms with Crippen LogP contribution in [-0.2, 0) is 9.84 Å². The molecule has 0 saturated heterocycles. The highest BCUT2D eigenvalue weighted by atomic mass is 35.5. The van der Waals surface area contributed by atoms with E-state index in [9.17, 15) is 13.2 Å². The lowest BCUT2D eigenvalue weighted by molar-refractivity contribution is 0.0968. The molecule has 2 aromatic carbocycles. The minimum Gasteiger partial charge on any atom is -0.311 e. The number of sulfone groups is 1. The van der Waals surface area contributed by atoms with Crippen LogP contribution in [0.15, 0.2) is 64.0 Å². The van der Waals surface area contributed by atoms with E-state index in [-0.39, 0.29) is 15.5 Å². The van der Waals surface area contributed by atoms with Crippen LogP contribution in [0.1, 0.15) is 15.9 Å². The summed E-state index contributed by atoms with van der Waals surface area (Å²) in [5, 5.41) is 2.40. The van der Waals surface area contributed by atoms with E-state index >= 15 is 0 Å². The number of carbonyl (C=O) groups is 1. The van der Waals surface area contributed by atoms with Gasteiger partial charge in [0, 0.05) is 16.1 Å². The van der Waals surface area contributed by atoms with E-state index in [1.54, 1.807) is 12.1 Å². The summed E-state index contributed by atoms with van der Waals surface area (Å²) in [6, 6.07) is 12.3. The summed E-state index contributed by atoms with van der Waals surface area (Å²) >= 11 is 11.4. The van der Waals surface area contributed by atoms with Crippen LogP contribution in [0.25, 0.3) is 0 Å². The lowest BCUT2D eigenvalue weighted by atomic mass is 10.2. The molecule has 0 radical (unpaired) electrons. The Morgan fingerprint density at radius 2 is 1.61 bits per heavy atom. The lowest BCUT2D eigenvalue weighted by Gasteiger charge is -2.10. The molecule has 7 heteroatoms. The third kappa shape index (κ3) is 4.13. The molecule has 0 aliphatic carbocycles. The highest BCUT2D eigenvalue weighted by molar-refractivity contribution is 7.95. The molecule has 0 aromatic heterocycles. The Labute approximate surface area is 144 Å². The fourth-order valence-electron chi connectivity index (χ4n) is 1.78. The second-order valence-corrected chi connectivity index (χ2v) is 7.32. The van der Waals surface area contributed by atoms with E-state index in [2.05, 4.69) is 5.32 Å². The third-order valence-electron chi connectivity index (χ3n) is 3.06. The number of rotatable bonds is 4. The van der Waals surface area contributed by atoms with Crippen molar-refractivity contribution in [3.05, 3.63) is 75.2 Å². The largest absolute Gasteiger partial charge is 0.311 e. The first kappa shape index (κ1) is 17.5. The zero-order valence-corrected chi connectivity index (χ0v) is 14.4. The van der Waals surface area contributed by atoms with Gasteiger partial charge in [0.2, 0.25) is 9.84 Å². The first-order valence-electron chi connectivity index (χ1n) is 6.53. The van der Waals surface area contributed by atoms with E-state index in [1.807, 2.05) is 6.92 Å². The topological polar surface area (TPSA) is 63.2 Å². The fourth-order valence-corrected chi connectivity index (χ4v) is 3.41. The third-order valence-corrected chi connectivity index (χ3v) is 5.35. The number of carbonyl (C=O) groups excluding carboxylic acids is 1. The average molecular weight is 370 g/mol. The van der Waals surface area contributed by atoms with Crippen LogP contribution in [-0.4, -0.2) is 14.3 Å². The van der Waals surface area contributed by atoms with Gasteiger partial charge in [0.1, 0.15) is 0 Å². The second kappa shape index (κ2) is 7.17. The van der Waals surface area contributed by atoms with Crippen LogP contribution in [0, 0.1) is 6.92 Å². The molecule has 0 unspecified atom stereocenters. The summed E-state index contributed by atoms with van der Waals surface area (Å²) in [6.07, 6.45) is 0. The van der Waals surface area contributed by atoms with Gasteiger partial charge in [-0.15, -0.1) is 0 Å². The van der Waals surface area contributed by atoms with Crippen LogP contribution >= 0.6 is 23.2 Å². The fraction of sp³-hybridized carbons (Fsp3) is 0.0625.